The Kier molecular flexibility index (Phi) is 5.10. The molecule has 1 aromatic carbocycles. The van der Waals surface area contributed by atoms with Crippen molar-refractivity contribution >= 4 is 28.5 Å². The summed E-state index contributed by atoms with van der Waals surface area (Å²) < 4.78 is 0. The van der Waals surface area contributed by atoms with Gasteiger partial charge in [0.2, 0.25) is 0 Å². The molecule has 1 fully saturated rings. The average molecular weight is 360 g/mol. The van der Waals surface area contributed by atoms with Gasteiger partial charge in [0.25, 0.3) is 5.69 Å². The number of nitro benzene ring substituents is 1. The Balaban J connectivity index is 1.70. The smallest absolute Gasteiger partial charge is 0.293 e. The molecule has 132 valence electrons. The molecule has 0 unspecified atom stereocenters. The zero-order chi connectivity index (χ0) is 18.0. The number of carbonyl (C=O) groups is 1. The third-order valence-corrected chi connectivity index (χ3v) is 5.17. The highest BCUT2D eigenvalue weighted by atomic mass is 32.1. The molecule has 0 saturated carbocycles. The van der Waals surface area contributed by atoms with Crippen LogP contribution in [0.25, 0.3) is 0 Å². The molecule has 1 aliphatic rings. The number of aryl methyl sites for hydroxylation is 1. The van der Waals surface area contributed by atoms with Crippen LogP contribution in [0.3, 0.4) is 0 Å². The van der Waals surface area contributed by atoms with E-state index in [1.165, 1.54) is 13.0 Å². The maximum Gasteiger partial charge on any atom is 0.293 e. The summed E-state index contributed by atoms with van der Waals surface area (Å²) >= 11 is 1.65. The van der Waals surface area contributed by atoms with Crippen molar-refractivity contribution in [3.8, 4) is 0 Å². The number of carbonyl (C=O) groups excluding carboxylic acids is 1. The molecule has 1 saturated heterocycles. The van der Waals surface area contributed by atoms with Crippen LogP contribution >= 0.6 is 11.3 Å². The van der Waals surface area contributed by atoms with Crippen LogP contribution in [-0.2, 0) is 6.54 Å². The van der Waals surface area contributed by atoms with Crippen LogP contribution in [0.4, 0.5) is 11.4 Å². The van der Waals surface area contributed by atoms with Gasteiger partial charge < -0.3 is 4.90 Å². The van der Waals surface area contributed by atoms with Crippen LogP contribution < -0.4 is 4.90 Å². The average Bonchev–Trinajstić information content (AvgIpc) is 3.00. The number of rotatable bonds is 5. The SMILES string of the molecule is CC(=O)c1ccc(N2CCN(Cc3csc(C)n3)CC2)c([N+](=O)[O-])c1. The molecule has 0 atom stereocenters. The molecule has 0 amide bonds. The van der Waals surface area contributed by atoms with E-state index in [9.17, 15) is 14.9 Å². The predicted molar refractivity (Wildman–Crippen MR) is 97.4 cm³/mol. The van der Waals surface area contributed by atoms with Gasteiger partial charge in [0.1, 0.15) is 5.69 Å². The standard InChI is InChI=1S/C17H20N4O3S/c1-12(22)14-3-4-16(17(9-14)21(23)24)20-7-5-19(6-8-20)10-15-11-25-13(2)18-15/h3-4,9,11H,5-8,10H2,1-2H3. The summed E-state index contributed by atoms with van der Waals surface area (Å²) in [5.74, 6) is -0.168. The normalized spacial score (nSPS) is 15.4. The van der Waals surface area contributed by atoms with E-state index in [0.29, 0.717) is 24.3 Å². The van der Waals surface area contributed by atoms with E-state index in [0.717, 1.165) is 30.3 Å². The summed E-state index contributed by atoms with van der Waals surface area (Å²) in [5, 5.41) is 14.5. The Bertz CT molecular complexity index is 797. The summed E-state index contributed by atoms with van der Waals surface area (Å²) in [6.07, 6.45) is 0. The van der Waals surface area contributed by atoms with Gasteiger partial charge in [-0.15, -0.1) is 11.3 Å². The number of anilines is 1. The molecule has 2 heterocycles. The summed E-state index contributed by atoms with van der Waals surface area (Å²) in [6.45, 7) is 7.29. The number of aromatic nitrogens is 1. The molecule has 25 heavy (non-hydrogen) atoms. The number of nitrogens with zero attached hydrogens (tertiary/aromatic N) is 4. The Morgan fingerprint density at radius 3 is 2.60 bits per heavy atom. The lowest BCUT2D eigenvalue weighted by Crippen LogP contribution is -2.46. The van der Waals surface area contributed by atoms with Gasteiger partial charge in [-0.2, -0.15) is 0 Å². The predicted octanol–water partition coefficient (Wildman–Crippen LogP) is 2.88. The number of nitro groups is 1. The van der Waals surface area contributed by atoms with Crippen LogP contribution in [0.2, 0.25) is 0 Å². The lowest BCUT2D eigenvalue weighted by molar-refractivity contribution is -0.384. The number of ketones is 1. The van der Waals surface area contributed by atoms with Gasteiger partial charge in [-0.25, -0.2) is 4.98 Å². The van der Waals surface area contributed by atoms with Crippen molar-refractivity contribution in [2.75, 3.05) is 31.1 Å². The maximum atomic E-state index is 11.5. The van der Waals surface area contributed by atoms with E-state index in [1.807, 2.05) is 11.8 Å². The molecule has 3 rings (SSSR count). The highest BCUT2D eigenvalue weighted by Crippen LogP contribution is 2.30. The summed E-state index contributed by atoms with van der Waals surface area (Å²) in [6, 6.07) is 4.73. The topological polar surface area (TPSA) is 79.6 Å². The molecule has 7 nitrogen and oxygen atoms in total. The first kappa shape index (κ1) is 17.5. The molecule has 0 bridgehead atoms. The molecule has 0 N–H and O–H groups in total. The first-order valence-electron chi connectivity index (χ1n) is 8.11. The third kappa shape index (κ3) is 4.02. The van der Waals surface area contributed by atoms with Gasteiger partial charge in [0.15, 0.2) is 5.78 Å². The highest BCUT2D eigenvalue weighted by molar-refractivity contribution is 7.09. The summed E-state index contributed by atoms with van der Waals surface area (Å²) in [7, 11) is 0. The van der Waals surface area contributed by atoms with Crippen LogP contribution in [0.5, 0.6) is 0 Å². The van der Waals surface area contributed by atoms with Crippen molar-refractivity contribution in [3.05, 3.63) is 50.0 Å². The van der Waals surface area contributed by atoms with E-state index in [1.54, 1.807) is 23.5 Å². The van der Waals surface area contributed by atoms with Gasteiger partial charge in [0.05, 0.1) is 15.6 Å². The van der Waals surface area contributed by atoms with Crippen LogP contribution in [-0.4, -0.2) is 46.8 Å². The molecule has 1 aromatic heterocycles. The second-order valence-corrected chi connectivity index (χ2v) is 7.20. The van der Waals surface area contributed by atoms with E-state index in [2.05, 4.69) is 15.3 Å². The first-order valence-corrected chi connectivity index (χ1v) is 8.99. The number of piperazine rings is 1. The molecule has 8 heteroatoms. The number of Topliss-reactive ketones (excluding diaryl/α,β-unsaturated/α-hetero) is 1. The molecular weight excluding hydrogens is 340 g/mol. The Morgan fingerprint density at radius 1 is 1.32 bits per heavy atom. The Labute approximate surface area is 150 Å². The third-order valence-electron chi connectivity index (χ3n) is 4.34. The largest absolute Gasteiger partial charge is 0.363 e. The van der Waals surface area contributed by atoms with E-state index in [-0.39, 0.29) is 11.5 Å². The molecule has 1 aliphatic heterocycles. The fourth-order valence-corrected chi connectivity index (χ4v) is 3.62. The minimum atomic E-state index is -0.411. The number of hydrogen-bond donors (Lipinski definition) is 0. The lowest BCUT2D eigenvalue weighted by atomic mass is 10.1. The Morgan fingerprint density at radius 2 is 2.04 bits per heavy atom. The van der Waals surface area contributed by atoms with Gasteiger partial charge in [-0.05, 0) is 26.0 Å². The summed E-state index contributed by atoms with van der Waals surface area (Å²) in [4.78, 5) is 31.3. The highest BCUT2D eigenvalue weighted by Gasteiger charge is 2.25. The van der Waals surface area contributed by atoms with Crippen molar-refractivity contribution in [3.63, 3.8) is 0 Å². The van der Waals surface area contributed by atoms with Crippen molar-refractivity contribution in [1.29, 1.82) is 0 Å². The van der Waals surface area contributed by atoms with Crippen molar-refractivity contribution in [1.82, 2.24) is 9.88 Å². The van der Waals surface area contributed by atoms with Crippen molar-refractivity contribution < 1.29 is 9.72 Å². The van der Waals surface area contributed by atoms with Crippen LogP contribution in [0.1, 0.15) is 28.0 Å². The zero-order valence-corrected chi connectivity index (χ0v) is 15.1. The second-order valence-electron chi connectivity index (χ2n) is 6.14. The first-order chi connectivity index (χ1) is 11.9. The van der Waals surface area contributed by atoms with Crippen LogP contribution in [0, 0.1) is 17.0 Å². The van der Waals surface area contributed by atoms with Crippen molar-refractivity contribution in [2.24, 2.45) is 0 Å². The number of hydrogen-bond acceptors (Lipinski definition) is 7. The monoisotopic (exact) mass is 360 g/mol. The van der Waals surface area contributed by atoms with E-state index in [4.69, 9.17) is 0 Å². The van der Waals surface area contributed by atoms with Gasteiger partial charge >= 0.3 is 0 Å². The van der Waals surface area contributed by atoms with Gasteiger partial charge in [-0.3, -0.25) is 19.8 Å². The molecule has 2 aromatic rings. The minimum Gasteiger partial charge on any atom is -0.363 e. The second kappa shape index (κ2) is 7.28. The van der Waals surface area contributed by atoms with Crippen LogP contribution in [0.15, 0.2) is 23.6 Å². The van der Waals surface area contributed by atoms with Gasteiger partial charge in [0, 0.05) is 49.7 Å². The Hall–Kier alpha value is -2.32. The number of benzene rings is 1. The van der Waals surface area contributed by atoms with E-state index < -0.39 is 4.92 Å². The molecular formula is C17H20N4O3S. The lowest BCUT2D eigenvalue weighted by Gasteiger charge is -2.35. The fraction of sp³-hybridized carbons (Fsp3) is 0.412. The molecule has 0 spiro atoms. The maximum absolute atomic E-state index is 11.5. The molecule has 0 radical (unpaired) electrons. The van der Waals surface area contributed by atoms with Gasteiger partial charge in [-0.1, -0.05) is 0 Å². The fourth-order valence-electron chi connectivity index (χ4n) is 3.01. The quantitative estimate of drug-likeness (QED) is 0.463. The summed E-state index contributed by atoms with van der Waals surface area (Å²) in [5.41, 5.74) is 2.02. The van der Waals surface area contributed by atoms with E-state index >= 15 is 0 Å². The zero-order valence-electron chi connectivity index (χ0n) is 14.3. The van der Waals surface area contributed by atoms with Crippen molar-refractivity contribution in [2.45, 2.75) is 20.4 Å². The minimum absolute atomic E-state index is 0.00345. The number of thiazole rings is 1. The molecule has 0 aliphatic carbocycles.